The van der Waals surface area contributed by atoms with Gasteiger partial charge in [-0.1, -0.05) is 65.9 Å². The molecule has 0 saturated heterocycles. The molecule has 8 heteroatoms. The molecule has 7 nitrogen and oxygen atoms in total. The molecular formula is C26H24N6OS. The Morgan fingerprint density at radius 1 is 1.03 bits per heavy atom. The molecule has 34 heavy (non-hydrogen) atoms. The second kappa shape index (κ2) is 11.2. The Hall–Kier alpha value is -4.04. The first-order valence-corrected chi connectivity index (χ1v) is 11.7. The summed E-state index contributed by atoms with van der Waals surface area (Å²) < 4.78 is 1.95. The summed E-state index contributed by atoms with van der Waals surface area (Å²) in [7, 11) is 0. The van der Waals surface area contributed by atoms with Crippen molar-refractivity contribution in [3.63, 3.8) is 0 Å². The van der Waals surface area contributed by atoms with E-state index in [0.717, 1.165) is 28.0 Å². The van der Waals surface area contributed by atoms with Crippen LogP contribution in [0, 0.1) is 6.92 Å². The number of nitrogens with zero attached hydrogens (tertiary/aromatic N) is 5. The van der Waals surface area contributed by atoms with Crippen LogP contribution in [0.25, 0.3) is 23.2 Å². The number of carbonyl (C=O) groups is 1. The van der Waals surface area contributed by atoms with Crippen molar-refractivity contribution in [2.24, 2.45) is 5.10 Å². The first kappa shape index (κ1) is 23.1. The number of nitrogens with one attached hydrogen (secondary N) is 1. The van der Waals surface area contributed by atoms with Gasteiger partial charge in [-0.05, 0) is 49.2 Å². The van der Waals surface area contributed by atoms with E-state index in [0.29, 0.717) is 11.0 Å². The van der Waals surface area contributed by atoms with Crippen LogP contribution in [-0.4, -0.2) is 37.6 Å². The van der Waals surface area contributed by atoms with Gasteiger partial charge in [0.15, 0.2) is 11.0 Å². The molecule has 0 unspecified atom stereocenters. The van der Waals surface area contributed by atoms with Crippen molar-refractivity contribution >= 4 is 30.0 Å². The highest BCUT2D eigenvalue weighted by Gasteiger charge is 2.17. The van der Waals surface area contributed by atoms with Crippen LogP contribution >= 0.6 is 11.8 Å². The van der Waals surface area contributed by atoms with Crippen LogP contribution in [0.4, 0.5) is 0 Å². The molecule has 2 aromatic heterocycles. The average Bonchev–Trinajstić information content (AvgIpc) is 3.28. The number of aryl methyl sites for hydroxylation is 1. The third-order valence-corrected chi connectivity index (χ3v) is 5.78. The van der Waals surface area contributed by atoms with E-state index >= 15 is 0 Å². The van der Waals surface area contributed by atoms with Crippen molar-refractivity contribution in [3.8, 4) is 17.1 Å². The predicted molar refractivity (Wildman–Crippen MR) is 137 cm³/mol. The van der Waals surface area contributed by atoms with Crippen molar-refractivity contribution in [2.75, 3.05) is 5.75 Å². The highest BCUT2D eigenvalue weighted by atomic mass is 32.2. The van der Waals surface area contributed by atoms with E-state index < -0.39 is 0 Å². The van der Waals surface area contributed by atoms with Crippen molar-refractivity contribution in [3.05, 3.63) is 95.8 Å². The molecule has 0 spiro atoms. The molecule has 0 radical (unpaired) electrons. The van der Waals surface area contributed by atoms with Gasteiger partial charge in [0.1, 0.15) is 0 Å². The van der Waals surface area contributed by atoms with Gasteiger partial charge in [0.25, 0.3) is 5.91 Å². The number of rotatable bonds is 8. The van der Waals surface area contributed by atoms with E-state index in [1.165, 1.54) is 11.8 Å². The standard InChI is InChI=1S/C26H24N6OS/c1-19-8-10-23(11-9-19)32-25(22-12-14-27-15-13-22)30-31-26(32)34-18-24(33)29-28-17-20(2)16-21-6-4-3-5-7-21/h3-17H,18H2,1-2H3,(H,29,33). The number of benzene rings is 2. The molecule has 0 aliphatic carbocycles. The SMILES string of the molecule is CC(C=NNC(=O)CSc1nnc(-c2ccncc2)n1-c1ccc(C)cc1)=Cc1ccccc1. The minimum atomic E-state index is -0.224. The van der Waals surface area contributed by atoms with Crippen LogP contribution in [0.15, 0.2) is 95.0 Å². The highest BCUT2D eigenvalue weighted by molar-refractivity contribution is 7.99. The number of thioether (sulfide) groups is 1. The number of aromatic nitrogens is 4. The Morgan fingerprint density at radius 3 is 2.50 bits per heavy atom. The number of pyridine rings is 1. The van der Waals surface area contributed by atoms with Crippen molar-refractivity contribution in [1.29, 1.82) is 0 Å². The summed E-state index contributed by atoms with van der Waals surface area (Å²) in [6.07, 6.45) is 7.06. The topological polar surface area (TPSA) is 85.1 Å². The van der Waals surface area contributed by atoms with Gasteiger partial charge in [0, 0.05) is 23.6 Å². The molecule has 1 N–H and O–H groups in total. The molecule has 0 fully saturated rings. The maximum absolute atomic E-state index is 12.4. The molecule has 0 bridgehead atoms. The molecule has 0 aliphatic heterocycles. The number of hydrogen-bond acceptors (Lipinski definition) is 6. The van der Waals surface area contributed by atoms with Crippen LogP contribution in [0.3, 0.4) is 0 Å². The Kier molecular flexibility index (Phi) is 7.62. The van der Waals surface area contributed by atoms with Gasteiger partial charge in [-0.3, -0.25) is 14.3 Å². The minimum Gasteiger partial charge on any atom is -0.272 e. The second-order valence-electron chi connectivity index (χ2n) is 7.59. The summed E-state index contributed by atoms with van der Waals surface area (Å²) >= 11 is 1.30. The summed E-state index contributed by atoms with van der Waals surface area (Å²) in [6.45, 7) is 3.97. The van der Waals surface area contributed by atoms with E-state index in [2.05, 4.69) is 25.7 Å². The molecular weight excluding hydrogens is 444 g/mol. The van der Waals surface area contributed by atoms with Gasteiger partial charge >= 0.3 is 0 Å². The highest BCUT2D eigenvalue weighted by Crippen LogP contribution is 2.27. The molecule has 2 heterocycles. The first-order chi connectivity index (χ1) is 16.6. The lowest BCUT2D eigenvalue weighted by Gasteiger charge is -2.10. The maximum atomic E-state index is 12.4. The lowest BCUT2D eigenvalue weighted by atomic mass is 10.1. The Labute approximate surface area is 202 Å². The van der Waals surface area contributed by atoms with Gasteiger partial charge in [-0.2, -0.15) is 5.10 Å². The van der Waals surface area contributed by atoms with Crippen LogP contribution in [0.2, 0.25) is 0 Å². The molecule has 1 amide bonds. The zero-order valence-corrected chi connectivity index (χ0v) is 19.7. The fourth-order valence-electron chi connectivity index (χ4n) is 3.20. The normalized spacial score (nSPS) is 11.6. The number of hydrogen-bond donors (Lipinski definition) is 1. The summed E-state index contributed by atoms with van der Waals surface area (Å²) in [4.78, 5) is 16.5. The smallest absolute Gasteiger partial charge is 0.250 e. The second-order valence-corrected chi connectivity index (χ2v) is 8.54. The Bertz CT molecular complexity index is 1300. The number of hydrazone groups is 1. The van der Waals surface area contributed by atoms with Gasteiger partial charge in [-0.15, -0.1) is 10.2 Å². The third kappa shape index (κ3) is 6.05. The van der Waals surface area contributed by atoms with Crippen molar-refractivity contribution in [2.45, 2.75) is 19.0 Å². The molecule has 4 rings (SSSR count). The van der Waals surface area contributed by atoms with Gasteiger partial charge in [-0.25, -0.2) is 5.43 Å². The lowest BCUT2D eigenvalue weighted by Crippen LogP contribution is -2.20. The zero-order valence-electron chi connectivity index (χ0n) is 18.9. The first-order valence-electron chi connectivity index (χ1n) is 10.7. The number of allylic oxidation sites excluding steroid dienone is 1. The van der Waals surface area contributed by atoms with Crippen LogP contribution in [0.5, 0.6) is 0 Å². The van der Waals surface area contributed by atoms with Gasteiger partial charge in [0.2, 0.25) is 0 Å². The van der Waals surface area contributed by atoms with Crippen LogP contribution in [0.1, 0.15) is 18.1 Å². The van der Waals surface area contributed by atoms with E-state index in [-0.39, 0.29) is 11.7 Å². The zero-order chi connectivity index (χ0) is 23.8. The quantitative estimate of drug-likeness (QED) is 0.225. The minimum absolute atomic E-state index is 0.152. The van der Waals surface area contributed by atoms with E-state index in [1.54, 1.807) is 18.6 Å². The average molecular weight is 469 g/mol. The molecule has 4 aromatic rings. The maximum Gasteiger partial charge on any atom is 0.250 e. The number of carbonyl (C=O) groups excluding carboxylic acids is 1. The van der Waals surface area contributed by atoms with E-state index in [1.807, 2.05) is 91.2 Å². The van der Waals surface area contributed by atoms with Crippen LogP contribution in [-0.2, 0) is 4.79 Å². The van der Waals surface area contributed by atoms with E-state index in [9.17, 15) is 4.79 Å². The summed E-state index contributed by atoms with van der Waals surface area (Å²) in [5, 5.41) is 13.4. The van der Waals surface area contributed by atoms with Crippen molar-refractivity contribution in [1.82, 2.24) is 25.2 Å². The largest absolute Gasteiger partial charge is 0.272 e. The molecule has 0 saturated carbocycles. The lowest BCUT2D eigenvalue weighted by molar-refractivity contribution is -0.118. The fraction of sp³-hybridized carbons (Fsp3) is 0.115. The molecule has 0 aliphatic rings. The summed E-state index contributed by atoms with van der Waals surface area (Å²) in [5.74, 6) is 0.616. The van der Waals surface area contributed by atoms with Gasteiger partial charge in [0.05, 0.1) is 12.0 Å². The van der Waals surface area contributed by atoms with Crippen molar-refractivity contribution < 1.29 is 4.79 Å². The summed E-state index contributed by atoms with van der Waals surface area (Å²) in [5.41, 5.74) is 7.56. The third-order valence-electron chi connectivity index (χ3n) is 4.85. The summed E-state index contributed by atoms with van der Waals surface area (Å²) in [6, 6.07) is 21.8. The Balaban J connectivity index is 1.45. The van der Waals surface area contributed by atoms with Crippen LogP contribution < -0.4 is 5.43 Å². The molecule has 2 aromatic carbocycles. The Morgan fingerprint density at radius 2 is 1.76 bits per heavy atom. The number of amides is 1. The van der Waals surface area contributed by atoms with E-state index in [4.69, 9.17) is 0 Å². The predicted octanol–water partition coefficient (Wildman–Crippen LogP) is 4.94. The van der Waals surface area contributed by atoms with Gasteiger partial charge < -0.3 is 0 Å². The molecule has 170 valence electrons. The fourth-order valence-corrected chi connectivity index (χ4v) is 3.94. The monoisotopic (exact) mass is 468 g/mol. The molecule has 0 atom stereocenters.